The molecule has 2 nitrogen and oxygen atoms in total. The second-order valence-corrected chi connectivity index (χ2v) is 5.04. The van der Waals surface area contributed by atoms with Gasteiger partial charge in [0.15, 0.2) is 5.78 Å². The first-order valence-electron chi connectivity index (χ1n) is 6.97. The number of carbonyl (C=O) groups is 1. The molecule has 3 aromatic rings. The van der Waals surface area contributed by atoms with Crippen molar-refractivity contribution in [2.75, 3.05) is 0 Å². The molecule has 21 heavy (non-hydrogen) atoms. The van der Waals surface area contributed by atoms with Crippen molar-refractivity contribution >= 4 is 5.78 Å². The Morgan fingerprint density at radius 3 is 2.24 bits per heavy atom. The highest BCUT2D eigenvalue weighted by molar-refractivity contribution is 6.09. The van der Waals surface area contributed by atoms with E-state index in [1.165, 1.54) is 5.56 Å². The average molecular weight is 276 g/mol. The molecule has 0 saturated heterocycles. The lowest BCUT2D eigenvalue weighted by Gasteiger charge is -1.97. The highest BCUT2D eigenvalue weighted by Gasteiger charge is 2.16. The monoisotopic (exact) mass is 276 g/mol. The molecular weight excluding hydrogens is 260 g/mol. The van der Waals surface area contributed by atoms with Crippen LogP contribution in [0.3, 0.4) is 0 Å². The molecule has 104 valence electrons. The van der Waals surface area contributed by atoms with Crippen LogP contribution in [-0.4, -0.2) is 5.78 Å². The third-order valence-corrected chi connectivity index (χ3v) is 3.47. The Kier molecular flexibility index (Phi) is 3.69. The van der Waals surface area contributed by atoms with E-state index < -0.39 is 0 Å². The number of hydrogen-bond donors (Lipinski definition) is 0. The minimum atomic E-state index is 0.0103. The Hall–Kier alpha value is -2.61. The highest BCUT2D eigenvalue weighted by Crippen LogP contribution is 2.20. The second kappa shape index (κ2) is 5.80. The van der Waals surface area contributed by atoms with Crippen LogP contribution in [0.1, 0.15) is 33.0 Å². The Bertz CT molecular complexity index is 740. The smallest absolute Gasteiger partial charge is 0.196 e. The number of hydrogen-bond acceptors (Lipinski definition) is 2. The highest BCUT2D eigenvalue weighted by atomic mass is 16.3. The third kappa shape index (κ3) is 2.95. The molecule has 0 amide bonds. The van der Waals surface area contributed by atoms with Crippen LogP contribution >= 0.6 is 0 Å². The van der Waals surface area contributed by atoms with Gasteiger partial charge < -0.3 is 4.42 Å². The van der Waals surface area contributed by atoms with Gasteiger partial charge in [-0.25, -0.2) is 0 Å². The zero-order valence-electron chi connectivity index (χ0n) is 11.9. The van der Waals surface area contributed by atoms with Crippen LogP contribution in [0.2, 0.25) is 0 Å². The van der Waals surface area contributed by atoms with E-state index in [2.05, 4.69) is 12.1 Å². The summed E-state index contributed by atoms with van der Waals surface area (Å²) < 4.78 is 5.74. The summed E-state index contributed by atoms with van der Waals surface area (Å²) in [5.74, 6) is 1.50. The maximum absolute atomic E-state index is 12.5. The lowest BCUT2D eigenvalue weighted by molar-refractivity contribution is 0.103. The first kappa shape index (κ1) is 13.4. The van der Waals surface area contributed by atoms with Crippen LogP contribution < -0.4 is 0 Å². The van der Waals surface area contributed by atoms with E-state index in [0.29, 0.717) is 23.3 Å². The predicted molar refractivity (Wildman–Crippen MR) is 82.6 cm³/mol. The summed E-state index contributed by atoms with van der Waals surface area (Å²) in [7, 11) is 0. The number of aryl methyl sites for hydroxylation is 1. The molecule has 0 bridgehead atoms. The number of carbonyl (C=O) groups excluding carboxylic acids is 1. The van der Waals surface area contributed by atoms with Gasteiger partial charge in [-0.05, 0) is 18.6 Å². The standard InChI is InChI=1S/C19H16O2/c1-14-18(19(20)16-10-6-3-7-11-16)13-17(21-14)12-15-8-4-2-5-9-15/h2-11,13H,12H2,1H3. The van der Waals surface area contributed by atoms with Crippen LogP contribution in [0.15, 0.2) is 71.1 Å². The first-order valence-corrected chi connectivity index (χ1v) is 6.97. The minimum Gasteiger partial charge on any atom is -0.465 e. The van der Waals surface area contributed by atoms with Gasteiger partial charge in [-0.2, -0.15) is 0 Å². The van der Waals surface area contributed by atoms with Crippen LogP contribution in [-0.2, 0) is 6.42 Å². The Morgan fingerprint density at radius 1 is 0.952 bits per heavy atom. The summed E-state index contributed by atoms with van der Waals surface area (Å²) in [5.41, 5.74) is 2.50. The summed E-state index contributed by atoms with van der Waals surface area (Å²) in [6.07, 6.45) is 0.698. The minimum absolute atomic E-state index is 0.0103. The molecule has 0 aliphatic carbocycles. The van der Waals surface area contributed by atoms with Crippen LogP contribution in [0.5, 0.6) is 0 Å². The Labute approximate surface area is 124 Å². The Balaban J connectivity index is 1.86. The zero-order valence-corrected chi connectivity index (χ0v) is 11.9. The molecule has 2 heteroatoms. The second-order valence-electron chi connectivity index (χ2n) is 5.04. The summed E-state index contributed by atoms with van der Waals surface area (Å²) >= 11 is 0. The number of rotatable bonds is 4. The lowest BCUT2D eigenvalue weighted by atomic mass is 10.0. The van der Waals surface area contributed by atoms with Crippen LogP contribution in [0.4, 0.5) is 0 Å². The van der Waals surface area contributed by atoms with Gasteiger partial charge in [0.25, 0.3) is 0 Å². The molecule has 0 unspecified atom stereocenters. The van der Waals surface area contributed by atoms with Crippen molar-refractivity contribution in [3.8, 4) is 0 Å². The molecule has 2 aromatic carbocycles. The van der Waals surface area contributed by atoms with Gasteiger partial charge in [0.2, 0.25) is 0 Å². The molecule has 0 saturated carbocycles. The largest absolute Gasteiger partial charge is 0.465 e. The average Bonchev–Trinajstić information content (AvgIpc) is 2.89. The van der Waals surface area contributed by atoms with Crippen molar-refractivity contribution in [2.24, 2.45) is 0 Å². The van der Waals surface area contributed by atoms with E-state index in [9.17, 15) is 4.79 Å². The van der Waals surface area contributed by atoms with Crippen molar-refractivity contribution in [1.82, 2.24) is 0 Å². The molecule has 1 heterocycles. The summed E-state index contributed by atoms with van der Waals surface area (Å²) in [6, 6.07) is 21.2. The fraction of sp³-hybridized carbons (Fsp3) is 0.105. The number of furan rings is 1. The van der Waals surface area contributed by atoms with Crippen LogP contribution in [0, 0.1) is 6.92 Å². The van der Waals surface area contributed by atoms with E-state index in [1.54, 1.807) is 0 Å². The van der Waals surface area contributed by atoms with Gasteiger partial charge in [0.05, 0.1) is 5.56 Å². The summed E-state index contributed by atoms with van der Waals surface area (Å²) in [5, 5.41) is 0. The molecule has 1 aromatic heterocycles. The van der Waals surface area contributed by atoms with Crippen molar-refractivity contribution in [3.05, 3.63) is 94.9 Å². The fourth-order valence-electron chi connectivity index (χ4n) is 2.40. The molecule has 0 aliphatic rings. The summed E-state index contributed by atoms with van der Waals surface area (Å²) in [6.45, 7) is 1.84. The molecule has 0 fully saturated rings. The van der Waals surface area contributed by atoms with Crippen LogP contribution in [0.25, 0.3) is 0 Å². The molecule has 3 rings (SSSR count). The third-order valence-electron chi connectivity index (χ3n) is 3.47. The van der Waals surface area contributed by atoms with Gasteiger partial charge >= 0.3 is 0 Å². The summed E-state index contributed by atoms with van der Waals surface area (Å²) in [4.78, 5) is 12.5. The van der Waals surface area contributed by atoms with Crippen molar-refractivity contribution < 1.29 is 9.21 Å². The number of ketones is 1. The molecule has 0 N–H and O–H groups in total. The van der Waals surface area contributed by atoms with Crippen molar-refractivity contribution in [3.63, 3.8) is 0 Å². The van der Waals surface area contributed by atoms with Gasteiger partial charge in [-0.3, -0.25) is 4.79 Å². The van der Waals surface area contributed by atoms with E-state index in [-0.39, 0.29) is 5.78 Å². The lowest BCUT2D eigenvalue weighted by Crippen LogP contribution is -2.00. The van der Waals surface area contributed by atoms with Gasteiger partial charge in [-0.1, -0.05) is 60.7 Å². The molecule has 0 aliphatic heterocycles. The van der Waals surface area contributed by atoms with E-state index in [0.717, 1.165) is 5.76 Å². The molecule has 0 atom stereocenters. The Morgan fingerprint density at radius 2 is 1.57 bits per heavy atom. The molecule has 0 spiro atoms. The topological polar surface area (TPSA) is 30.2 Å². The predicted octanol–water partition coefficient (Wildman–Crippen LogP) is 4.41. The van der Waals surface area contributed by atoms with E-state index in [1.807, 2.05) is 61.5 Å². The first-order chi connectivity index (χ1) is 10.2. The van der Waals surface area contributed by atoms with E-state index in [4.69, 9.17) is 4.42 Å². The maximum Gasteiger partial charge on any atom is 0.196 e. The maximum atomic E-state index is 12.5. The van der Waals surface area contributed by atoms with Crippen molar-refractivity contribution in [2.45, 2.75) is 13.3 Å². The van der Waals surface area contributed by atoms with Gasteiger partial charge in [-0.15, -0.1) is 0 Å². The zero-order chi connectivity index (χ0) is 14.7. The van der Waals surface area contributed by atoms with Crippen molar-refractivity contribution in [1.29, 1.82) is 0 Å². The SMILES string of the molecule is Cc1oc(Cc2ccccc2)cc1C(=O)c1ccccc1. The molecule has 0 radical (unpaired) electrons. The quantitative estimate of drug-likeness (QED) is 0.661. The normalized spacial score (nSPS) is 10.5. The number of benzene rings is 2. The van der Waals surface area contributed by atoms with E-state index >= 15 is 0 Å². The van der Waals surface area contributed by atoms with Gasteiger partial charge in [0, 0.05) is 12.0 Å². The van der Waals surface area contributed by atoms with Gasteiger partial charge in [0.1, 0.15) is 11.5 Å². The molecular formula is C19H16O2. The fourth-order valence-corrected chi connectivity index (χ4v) is 2.40.